The van der Waals surface area contributed by atoms with Crippen molar-refractivity contribution >= 4 is 34.8 Å². The van der Waals surface area contributed by atoms with E-state index in [0.717, 1.165) is 5.56 Å². The van der Waals surface area contributed by atoms with Gasteiger partial charge in [-0.1, -0.05) is 34.8 Å². The van der Waals surface area contributed by atoms with E-state index in [2.05, 4.69) is 9.97 Å². The first-order chi connectivity index (χ1) is 6.66. The van der Waals surface area contributed by atoms with Crippen LogP contribution in [0.15, 0.2) is 24.4 Å². The average molecular weight is 248 g/mol. The van der Waals surface area contributed by atoms with Gasteiger partial charge in [-0.25, -0.2) is 4.98 Å². The maximum atomic E-state index is 5.99. The predicted molar refractivity (Wildman–Crippen MR) is 59.1 cm³/mol. The van der Waals surface area contributed by atoms with Crippen LogP contribution in [0.2, 0.25) is 15.2 Å². The van der Waals surface area contributed by atoms with Gasteiger partial charge in [-0.2, -0.15) is 0 Å². The molecule has 0 saturated carbocycles. The minimum Gasteiger partial charge on any atom is -0.329 e. The first kappa shape index (κ1) is 9.84. The standard InChI is InChI=1S/C9H5Cl3N2/c10-5-1-2-6(7(11)3-5)9-13-4-8(12)14-9/h1-4H,(H,13,14). The Kier molecular flexibility index (Phi) is 2.68. The highest BCUT2D eigenvalue weighted by atomic mass is 35.5. The number of hydrogen-bond acceptors (Lipinski definition) is 1. The summed E-state index contributed by atoms with van der Waals surface area (Å²) in [4.78, 5) is 6.94. The van der Waals surface area contributed by atoms with E-state index < -0.39 is 0 Å². The molecule has 0 aliphatic heterocycles. The highest BCUT2D eigenvalue weighted by Crippen LogP contribution is 2.28. The Morgan fingerprint density at radius 3 is 2.50 bits per heavy atom. The molecule has 1 aromatic carbocycles. The van der Waals surface area contributed by atoms with E-state index in [1.54, 1.807) is 18.2 Å². The van der Waals surface area contributed by atoms with Crippen LogP contribution >= 0.6 is 34.8 Å². The number of hydrogen-bond donors (Lipinski definition) is 1. The molecule has 0 atom stereocenters. The van der Waals surface area contributed by atoms with Crippen LogP contribution < -0.4 is 0 Å². The van der Waals surface area contributed by atoms with E-state index in [1.165, 1.54) is 6.20 Å². The Bertz CT molecular complexity index is 465. The molecule has 1 heterocycles. The summed E-state index contributed by atoms with van der Waals surface area (Å²) < 4.78 is 0. The van der Waals surface area contributed by atoms with Crippen molar-refractivity contribution in [1.82, 2.24) is 9.97 Å². The van der Waals surface area contributed by atoms with Crippen molar-refractivity contribution in [3.05, 3.63) is 39.6 Å². The number of aromatic amines is 1. The molecular weight excluding hydrogens is 242 g/mol. The second-order valence-corrected chi connectivity index (χ2v) is 3.95. The summed E-state index contributed by atoms with van der Waals surface area (Å²) in [5.74, 6) is 0.636. The van der Waals surface area contributed by atoms with E-state index in [4.69, 9.17) is 34.8 Å². The van der Waals surface area contributed by atoms with Gasteiger partial charge in [0.15, 0.2) is 0 Å². The Labute approximate surface area is 95.8 Å². The predicted octanol–water partition coefficient (Wildman–Crippen LogP) is 4.04. The van der Waals surface area contributed by atoms with Gasteiger partial charge in [-0.05, 0) is 18.2 Å². The van der Waals surface area contributed by atoms with Crippen LogP contribution in [0.3, 0.4) is 0 Å². The van der Waals surface area contributed by atoms with Crippen LogP contribution in [-0.4, -0.2) is 9.97 Å². The normalized spacial score (nSPS) is 10.5. The summed E-state index contributed by atoms with van der Waals surface area (Å²) in [5, 5.41) is 1.62. The molecule has 0 spiro atoms. The van der Waals surface area contributed by atoms with Crippen LogP contribution in [0, 0.1) is 0 Å². The Hall–Kier alpha value is -0.700. The fourth-order valence-corrected chi connectivity index (χ4v) is 1.75. The number of H-pyrrole nitrogens is 1. The lowest BCUT2D eigenvalue weighted by Gasteiger charge is -2.00. The van der Waals surface area contributed by atoms with Crippen molar-refractivity contribution in [1.29, 1.82) is 0 Å². The van der Waals surface area contributed by atoms with Crippen LogP contribution in [0.25, 0.3) is 11.4 Å². The van der Waals surface area contributed by atoms with Gasteiger partial charge in [-0.15, -0.1) is 0 Å². The Morgan fingerprint density at radius 2 is 1.93 bits per heavy atom. The third-order valence-corrected chi connectivity index (χ3v) is 2.47. The molecule has 2 aromatic rings. The van der Waals surface area contributed by atoms with E-state index in [0.29, 0.717) is 21.0 Å². The molecule has 2 nitrogen and oxygen atoms in total. The number of halogens is 3. The van der Waals surface area contributed by atoms with Gasteiger partial charge in [0, 0.05) is 10.6 Å². The van der Waals surface area contributed by atoms with Gasteiger partial charge in [0.05, 0.1) is 11.2 Å². The van der Waals surface area contributed by atoms with Crippen LogP contribution in [0.1, 0.15) is 0 Å². The van der Waals surface area contributed by atoms with E-state index in [9.17, 15) is 0 Å². The van der Waals surface area contributed by atoms with Crippen molar-refractivity contribution in [2.45, 2.75) is 0 Å². The quantitative estimate of drug-likeness (QED) is 0.809. The fraction of sp³-hybridized carbons (Fsp3) is 0. The third kappa shape index (κ3) is 1.87. The van der Waals surface area contributed by atoms with Crippen molar-refractivity contribution in [2.24, 2.45) is 0 Å². The van der Waals surface area contributed by atoms with Gasteiger partial charge < -0.3 is 4.98 Å². The lowest BCUT2D eigenvalue weighted by atomic mass is 10.2. The van der Waals surface area contributed by atoms with Gasteiger partial charge >= 0.3 is 0 Å². The molecule has 0 radical (unpaired) electrons. The molecule has 14 heavy (non-hydrogen) atoms. The SMILES string of the molecule is Clc1ccc(-c2ncc(Cl)[nH]2)c(Cl)c1. The fourth-order valence-electron chi connectivity index (χ4n) is 1.12. The van der Waals surface area contributed by atoms with Gasteiger partial charge in [-0.3, -0.25) is 0 Å². The first-order valence-corrected chi connectivity index (χ1v) is 4.96. The van der Waals surface area contributed by atoms with E-state index in [1.807, 2.05) is 0 Å². The van der Waals surface area contributed by atoms with Gasteiger partial charge in [0.25, 0.3) is 0 Å². The molecule has 0 bridgehead atoms. The largest absolute Gasteiger partial charge is 0.329 e. The number of nitrogens with one attached hydrogen (secondary N) is 1. The summed E-state index contributed by atoms with van der Waals surface area (Å²) in [5.41, 5.74) is 0.781. The summed E-state index contributed by atoms with van der Waals surface area (Å²) in [6.07, 6.45) is 1.53. The number of nitrogens with zero attached hydrogens (tertiary/aromatic N) is 1. The Morgan fingerprint density at radius 1 is 1.14 bits per heavy atom. The van der Waals surface area contributed by atoms with Crippen molar-refractivity contribution in [3.8, 4) is 11.4 Å². The molecule has 0 fully saturated rings. The van der Waals surface area contributed by atoms with Crippen LogP contribution in [-0.2, 0) is 0 Å². The summed E-state index contributed by atoms with van der Waals surface area (Å²) in [6, 6.07) is 5.20. The van der Waals surface area contributed by atoms with Crippen LogP contribution in [0.4, 0.5) is 0 Å². The minimum absolute atomic E-state index is 0.478. The Balaban J connectivity index is 2.52. The lowest BCUT2D eigenvalue weighted by molar-refractivity contribution is 1.31. The van der Waals surface area contributed by atoms with E-state index in [-0.39, 0.29) is 0 Å². The number of rotatable bonds is 1. The molecule has 1 N–H and O–H groups in total. The van der Waals surface area contributed by atoms with Gasteiger partial charge in [0.2, 0.25) is 0 Å². The van der Waals surface area contributed by atoms with Crippen LogP contribution in [0.5, 0.6) is 0 Å². The molecule has 5 heteroatoms. The molecular formula is C9H5Cl3N2. The number of imidazole rings is 1. The maximum Gasteiger partial charge on any atom is 0.139 e. The highest BCUT2D eigenvalue weighted by molar-refractivity contribution is 6.36. The minimum atomic E-state index is 0.478. The molecule has 2 rings (SSSR count). The van der Waals surface area contributed by atoms with Crippen molar-refractivity contribution in [3.63, 3.8) is 0 Å². The second kappa shape index (κ2) is 3.81. The van der Waals surface area contributed by atoms with Crippen molar-refractivity contribution in [2.75, 3.05) is 0 Å². The lowest BCUT2D eigenvalue weighted by Crippen LogP contribution is -1.81. The summed E-state index contributed by atoms with van der Waals surface area (Å²) >= 11 is 17.5. The second-order valence-electron chi connectivity index (χ2n) is 2.70. The number of aromatic nitrogens is 2. The first-order valence-electron chi connectivity index (χ1n) is 3.83. The highest BCUT2D eigenvalue weighted by Gasteiger charge is 2.07. The molecule has 0 aliphatic carbocycles. The molecule has 0 unspecified atom stereocenters. The maximum absolute atomic E-state index is 5.99. The summed E-state index contributed by atoms with van der Waals surface area (Å²) in [7, 11) is 0. The molecule has 0 amide bonds. The molecule has 72 valence electrons. The monoisotopic (exact) mass is 246 g/mol. The number of benzene rings is 1. The van der Waals surface area contributed by atoms with Gasteiger partial charge in [0.1, 0.15) is 11.0 Å². The van der Waals surface area contributed by atoms with Crippen molar-refractivity contribution < 1.29 is 0 Å². The third-order valence-electron chi connectivity index (χ3n) is 1.73. The van der Waals surface area contributed by atoms with E-state index >= 15 is 0 Å². The summed E-state index contributed by atoms with van der Waals surface area (Å²) in [6.45, 7) is 0. The molecule has 0 saturated heterocycles. The zero-order valence-corrected chi connectivity index (χ0v) is 9.16. The zero-order chi connectivity index (χ0) is 10.1. The average Bonchev–Trinajstić information content (AvgIpc) is 2.51. The molecule has 0 aliphatic rings. The molecule has 1 aromatic heterocycles. The topological polar surface area (TPSA) is 28.7 Å². The zero-order valence-electron chi connectivity index (χ0n) is 6.89. The smallest absolute Gasteiger partial charge is 0.139 e.